The van der Waals surface area contributed by atoms with Crippen LogP contribution in [0.15, 0.2) is 168 Å². The molecular formula is C84H127Br4Cl3N12O11Y6-12. The first-order valence-corrected chi connectivity index (χ1v) is 38.2. The van der Waals surface area contributed by atoms with Gasteiger partial charge in [-0.3, -0.25) is 39.4 Å². The van der Waals surface area contributed by atoms with E-state index in [9.17, 15) is 14.4 Å². The van der Waals surface area contributed by atoms with E-state index in [2.05, 4.69) is 231 Å². The minimum Gasteiger partial charge on any atom is -0.665 e. The van der Waals surface area contributed by atoms with Crippen molar-refractivity contribution in [3.63, 3.8) is 0 Å². The number of likely N-dealkylation sites (N-methyl/N-ethyl adjacent to an activating group) is 6. The Morgan fingerprint density at radius 3 is 0.758 bits per heavy atom. The van der Waals surface area contributed by atoms with Crippen LogP contribution in [0.25, 0.3) is 0 Å². The van der Waals surface area contributed by atoms with Crippen LogP contribution in [0.5, 0.6) is 0 Å². The van der Waals surface area contributed by atoms with Gasteiger partial charge in [0.25, 0.3) is 21.9 Å². The second-order valence-corrected chi connectivity index (χ2v) is 29.8. The van der Waals surface area contributed by atoms with E-state index in [0.717, 1.165) is 56.4 Å². The van der Waals surface area contributed by atoms with Crippen molar-refractivity contribution in [3.8, 4) is 0 Å². The zero-order valence-electron chi connectivity index (χ0n) is 74.9. The van der Waals surface area contributed by atoms with Gasteiger partial charge in [0.15, 0.2) is 0 Å². The van der Waals surface area contributed by atoms with Gasteiger partial charge >= 0.3 is 0 Å². The molecule has 0 heterocycles. The summed E-state index contributed by atoms with van der Waals surface area (Å²) < 4.78 is 7.69. The van der Waals surface area contributed by atoms with Crippen molar-refractivity contribution in [2.45, 2.75) is 96.4 Å². The number of carbonyl (C=O) groups excluding carboxylic acids is 4. The number of aryl methyl sites for hydroxylation is 2. The van der Waals surface area contributed by atoms with E-state index in [1.807, 2.05) is 113 Å². The zero-order chi connectivity index (χ0) is 87.1. The number of isocyanates is 1. The summed E-state index contributed by atoms with van der Waals surface area (Å²) in [6.45, 7) is 26.8. The van der Waals surface area contributed by atoms with E-state index < -0.39 is 9.39 Å². The normalized spacial score (nSPS) is 8.72. The van der Waals surface area contributed by atoms with E-state index in [1.165, 1.54) is 57.6 Å². The van der Waals surface area contributed by atoms with Gasteiger partial charge in [-0.1, -0.05) is 273 Å². The number of nitrogens with zero attached hydrogens (tertiary/aromatic N) is 8. The first kappa shape index (κ1) is 157. The van der Waals surface area contributed by atoms with Crippen LogP contribution < -0.4 is 16.0 Å². The molecule has 0 saturated heterocycles. The maximum absolute atomic E-state index is 11.5. The average molecular weight is 2440 g/mol. The van der Waals surface area contributed by atoms with Gasteiger partial charge in [-0.2, -0.15) is 0 Å². The molecule has 120 heavy (non-hydrogen) atoms. The van der Waals surface area contributed by atoms with Crippen LogP contribution in [0.3, 0.4) is 0 Å². The molecule has 6 rings (SSSR count). The molecule has 6 aromatic carbocycles. The fourth-order valence-electron chi connectivity index (χ4n) is 6.93. The molecular weight excluding hydrogens is 2310 g/mol. The summed E-state index contributed by atoms with van der Waals surface area (Å²) in [6.07, 6.45) is 6.56. The molecule has 0 bridgehead atoms. The Balaban J connectivity index is -0.0000000720. The van der Waals surface area contributed by atoms with E-state index in [1.54, 1.807) is 114 Å². The molecule has 668 valence electrons. The second-order valence-electron chi connectivity index (χ2n) is 23.9. The molecule has 6 radical (unpaired) electrons. The Morgan fingerprint density at radius 1 is 0.442 bits per heavy atom. The number of aliphatic hydroxyl groups excluding tert-OH is 3. The van der Waals surface area contributed by atoms with Crippen LogP contribution in [0.2, 0.25) is 0 Å². The summed E-state index contributed by atoms with van der Waals surface area (Å²) in [5, 5.41) is 36.2. The monoisotopic (exact) mass is 2430 g/mol. The number of hydrogen-bond donors (Lipinski definition) is 7. The number of hydrogen-bond acceptors (Lipinski definition) is 14. The van der Waals surface area contributed by atoms with Crippen molar-refractivity contribution in [3.05, 3.63) is 270 Å². The summed E-state index contributed by atoms with van der Waals surface area (Å²) >= 11 is 29.7. The van der Waals surface area contributed by atoms with Crippen molar-refractivity contribution in [1.29, 1.82) is 5.41 Å². The SMILES string of the molecule is CC.CC(C)(C)OC(=N)C(Cl)(Cl)Cl.CN(C)C(=O)N(C)[CH-]Cc1ccc(Br)cc1.CN(C)[CH-]Cc1ccc(Br)cc1.CN=C=O.CNC.CN[CH-]Cc1ccc(Br)cc1.CN[CH-]Cc1ccc(Br)cc1.Cc1ccc(C[CH-]N(C)C(=O)N(C)C)cc1.Cc1ccc(C[CH-]N(C)C(=O)N(C)C)cc1.O=[C-]O.O=[C-]O.O=[C-]O.[CH3-].[CH3-].[CH3-].[Y].[Y].[Y].[Y].[Y].[Y]. The number of benzene rings is 6. The van der Waals surface area contributed by atoms with Gasteiger partial charge in [-0.15, -0.1) is 38.5 Å². The van der Waals surface area contributed by atoms with Crippen LogP contribution >= 0.6 is 98.5 Å². The van der Waals surface area contributed by atoms with Gasteiger partial charge in [-0.25, -0.2) is 29.4 Å². The van der Waals surface area contributed by atoms with E-state index in [0.29, 0.717) is 19.4 Å². The third-order valence-corrected chi connectivity index (χ3v) is 14.9. The van der Waals surface area contributed by atoms with Gasteiger partial charge in [-0.05, 0) is 147 Å². The maximum atomic E-state index is 11.5. The Bertz CT molecular complexity index is 3120. The molecule has 0 atom stereocenters. The Kier molecular flexibility index (Phi) is 136. The van der Waals surface area contributed by atoms with Crippen molar-refractivity contribution >= 4 is 148 Å². The van der Waals surface area contributed by atoms with Gasteiger partial charge < -0.3 is 107 Å². The van der Waals surface area contributed by atoms with Gasteiger partial charge in [0.05, 0.1) is 0 Å². The molecule has 0 fully saturated rings. The molecule has 6 amide bonds. The quantitative estimate of drug-likeness (QED) is 0.0138. The average Bonchev–Trinajstić information content (AvgIpc) is 0.886. The van der Waals surface area contributed by atoms with Crippen LogP contribution in [0.4, 0.5) is 14.4 Å². The number of halogens is 7. The van der Waals surface area contributed by atoms with E-state index in [-0.39, 0.29) is 243 Å². The first-order chi connectivity index (χ1) is 52.0. The number of nitrogens with one attached hydrogen (secondary N) is 4. The van der Waals surface area contributed by atoms with Gasteiger partial charge in [0.2, 0.25) is 12.0 Å². The van der Waals surface area contributed by atoms with Crippen molar-refractivity contribution in [2.75, 3.05) is 113 Å². The smallest absolute Gasteiger partial charge is 0.289 e. The molecule has 0 spiro atoms. The zero-order valence-corrected chi connectivity index (χ0v) is 100. The van der Waals surface area contributed by atoms with Crippen LogP contribution in [-0.2, 0) is 259 Å². The van der Waals surface area contributed by atoms with Crippen molar-refractivity contribution in [2.24, 2.45) is 4.99 Å². The Hall–Kier alpha value is -0.357. The second kappa shape index (κ2) is 104. The third-order valence-electron chi connectivity index (χ3n) is 12.3. The number of rotatable bonds is 18. The summed E-state index contributed by atoms with van der Waals surface area (Å²) in [5.74, 6) is -0.352. The number of aliphatic imine (C=N–C) groups is 1. The third kappa shape index (κ3) is 105. The molecule has 0 aromatic heterocycles. The number of carbonyl (C=O) groups is 3. The van der Waals surface area contributed by atoms with Gasteiger partial charge in [0, 0.05) is 263 Å². The van der Waals surface area contributed by atoms with E-state index in [4.69, 9.17) is 79.4 Å². The number of urea groups is 3. The fraction of sp³-hybridized carbons (Fsp3) is 0.369. The van der Waals surface area contributed by atoms with Crippen LogP contribution in [0, 0.1) is 80.8 Å². The predicted molar refractivity (Wildman–Crippen MR) is 493 cm³/mol. The van der Waals surface area contributed by atoms with Crippen LogP contribution in [-0.4, -0.2) is 221 Å². The summed E-state index contributed by atoms with van der Waals surface area (Å²) in [4.78, 5) is 82.7. The van der Waals surface area contributed by atoms with Crippen LogP contribution in [0.1, 0.15) is 79.1 Å². The molecule has 36 heteroatoms. The summed E-state index contributed by atoms with van der Waals surface area (Å²) in [6, 6.07) is 49.7. The van der Waals surface area contributed by atoms with Crippen molar-refractivity contribution in [1.82, 2.24) is 50.2 Å². The maximum Gasteiger partial charge on any atom is 0.289 e. The number of ether oxygens (including phenoxy) is 1. The Morgan fingerprint density at radius 2 is 0.617 bits per heavy atom. The standard InChI is InChI=1S/2C13H19N2O.C12H16BrN2O.C10H13BrN.2C9H11BrN.C6H10Cl3NO.C2H3NO.C2H7N.C2H6.3CHO2.3CH3.6Y/c2*1-11-5-7-12(8-6-11)9-10-15(4)13(16)14(2)3;1-14(2)12(16)15(3)9-8-10-4-6-11(13)7-5-10;1-12(2)8-7-9-3-5-10(11)6-4-9;2*1-11-7-6-8-2-4-9(10)5-3-8;1-5(2,3)11-4(10)6(7,8)9;1-3-2-4;1-3-2;1-2;3*2-1-3;;;;;;;;;/h2*5-8,10H,9H2,1-4H3;4-7,9H,8H2,1-3H3;3-6,8H,7H2,1-2H3;2*2-5,7,11H,6H2,1H3;10H,1-3H3;1H3;3H,1-2H3;1-2H3;3*(H,2,3);3*1H3;;;;;;/q6*-1;;;;;6*-1;;;;;;. The largest absolute Gasteiger partial charge is 0.665 e. The summed E-state index contributed by atoms with van der Waals surface area (Å²) in [7, 11) is 28.8. The molecule has 0 saturated carbocycles. The topological polar surface area (TPSA) is 284 Å². The van der Waals surface area contributed by atoms with E-state index >= 15 is 0 Å². The molecule has 6 aromatic rings. The molecule has 0 unspecified atom stereocenters. The molecule has 0 aliphatic rings. The Labute approximate surface area is 923 Å². The molecule has 7 N–H and O–H groups in total. The molecule has 0 aliphatic heterocycles. The first-order valence-electron chi connectivity index (χ1n) is 33.9. The minimum absolute atomic E-state index is 0. The molecule has 23 nitrogen and oxygen atoms in total. The summed E-state index contributed by atoms with van der Waals surface area (Å²) in [5.41, 5.74) is 9.59. The van der Waals surface area contributed by atoms with Gasteiger partial charge in [0.1, 0.15) is 5.60 Å². The fourth-order valence-corrected chi connectivity index (χ4v) is 8.10. The molecule has 0 aliphatic carbocycles. The number of alkyl halides is 3. The predicted octanol–water partition coefficient (Wildman–Crippen LogP) is 19.0. The number of amides is 6. The van der Waals surface area contributed by atoms with Crippen molar-refractivity contribution < 1.29 is 250 Å². The minimum atomic E-state index is -1.76.